The molecule has 7 nitrogen and oxygen atoms in total. The predicted molar refractivity (Wildman–Crippen MR) is 137 cm³/mol. The number of nitrogens with zero attached hydrogens (tertiary/aromatic N) is 1. The van der Waals surface area contributed by atoms with E-state index in [2.05, 4.69) is 23.6 Å². The maximum Gasteiger partial charge on any atom is 0.274 e. The minimum Gasteiger partial charge on any atom is -0.456 e. The van der Waals surface area contributed by atoms with E-state index in [0.717, 1.165) is 16.5 Å². The Bertz CT molecular complexity index is 1490. The summed E-state index contributed by atoms with van der Waals surface area (Å²) in [6.07, 6.45) is 4.17. The fourth-order valence-corrected chi connectivity index (χ4v) is 4.62. The number of sulfonamides is 1. The lowest BCUT2D eigenvalue weighted by atomic mass is 9.94. The third-order valence-electron chi connectivity index (χ3n) is 5.59. The molecule has 178 valence electrons. The van der Waals surface area contributed by atoms with E-state index >= 15 is 0 Å². The molecule has 0 aliphatic heterocycles. The molecule has 0 bridgehead atoms. The van der Waals surface area contributed by atoms with E-state index in [9.17, 15) is 13.2 Å². The number of para-hydroxylation sites is 1. The first-order chi connectivity index (χ1) is 16.2. The van der Waals surface area contributed by atoms with Crippen LogP contribution < -0.4 is 15.0 Å². The van der Waals surface area contributed by atoms with Gasteiger partial charge >= 0.3 is 0 Å². The van der Waals surface area contributed by atoms with Crippen LogP contribution in [0.5, 0.6) is 11.5 Å². The van der Waals surface area contributed by atoms with Gasteiger partial charge in [0.15, 0.2) is 0 Å². The van der Waals surface area contributed by atoms with E-state index in [1.165, 1.54) is 4.57 Å². The Hall–Kier alpha value is -3.52. The SMILES string of the molecule is CCS(=O)(=O)Nc1cc(CC(C)C)c(Oc2ccccc2)c(-c2cn(C)c(=O)c3[nH]ccc23)c1. The normalized spacial score (nSPS) is 11.8. The summed E-state index contributed by atoms with van der Waals surface area (Å²) in [5, 5.41) is 0.743. The number of fused-ring (bicyclic) bond motifs is 1. The van der Waals surface area contributed by atoms with Crippen LogP contribution in [0.4, 0.5) is 5.69 Å². The van der Waals surface area contributed by atoms with Crippen LogP contribution in [-0.4, -0.2) is 23.7 Å². The third kappa shape index (κ3) is 4.87. The molecular formula is C26H29N3O4S. The van der Waals surface area contributed by atoms with Crippen molar-refractivity contribution in [1.29, 1.82) is 0 Å². The molecule has 0 aliphatic carbocycles. The number of hydrogen-bond donors (Lipinski definition) is 2. The Balaban J connectivity index is 2.03. The minimum absolute atomic E-state index is 0.0357. The topological polar surface area (TPSA) is 93.2 Å². The largest absolute Gasteiger partial charge is 0.456 e. The van der Waals surface area contributed by atoms with E-state index in [1.54, 1.807) is 32.4 Å². The van der Waals surface area contributed by atoms with E-state index < -0.39 is 10.0 Å². The quantitative estimate of drug-likeness (QED) is 0.359. The van der Waals surface area contributed by atoms with Gasteiger partial charge in [-0.25, -0.2) is 8.42 Å². The maximum atomic E-state index is 12.7. The first-order valence-corrected chi connectivity index (χ1v) is 12.9. The molecule has 0 aliphatic rings. The van der Waals surface area contributed by atoms with Gasteiger partial charge in [0.25, 0.3) is 5.56 Å². The zero-order valence-corrected chi connectivity index (χ0v) is 20.6. The summed E-state index contributed by atoms with van der Waals surface area (Å²) in [5.41, 5.74) is 3.16. The highest BCUT2D eigenvalue weighted by Crippen LogP contribution is 2.42. The molecule has 0 atom stereocenters. The van der Waals surface area contributed by atoms with Crippen LogP contribution in [0.3, 0.4) is 0 Å². The van der Waals surface area contributed by atoms with Crippen LogP contribution in [-0.2, 0) is 23.5 Å². The van der Waals surface area contributed by atoms with Gasteiger partial charge < -0.3 is 14.3 Å². The molecular weight excluding hydrogens is 450 g/mol. The summed E-state index contributed by atoms with van der Waals surface area (Å²) in [7, 11) is -1.79. The zero-order valence-electron chi connectivity index (χ0n) is 19.8. The van der Waals surface area contributed by atoms with Crippen molar-refractivity contribution in [1.82, 2.24) is 9.55 Å². The zero-order chi connectivity index (χ0) is 24.5. The van der Waals surface area contributed by atoms with E-state index in [0.29, 0.717) is 40.6 Å². The average molecular weight is 480 g/mol. The first-order valence-electron chi connectivity index (χ1n) is 11.3. The fraction of sp³-hybridized carbons (Fsp3) is 0.269. The van der Waals surface area contributed by atoms with Crippen LogP contribution in [0, 0.1) is 5.92 Å². The molecule has 8 heteroatoms. The number of nitrogens with one attached hydrogen (secondary N) is 2. The highest BCUT2D eigenvalue weighted by Gasteiger charge is 2.21. The lowest BCUT2D eigenvalue weighted by Gasteiger charge is -2.20. The van der Waals surface area contributed by atoms with Crippen molar-refractivity contribution in [3.63, 3.8) is 0 Å². The molecule has 0 fully saturated rings. The van der Waals surface area contributed by atoms with Gasteiger partial charge in [-0.1, -0.05) is 32.0 Å². The monoisotopic (exact) mass is 479 g/mol. The van der Waals surface area contributed by atoms with Gasteiger partial charge in [-0.3, -0.25) is 9.52 Å². The van der Waals surface area contributed by atoms with Crippen molar-refractivity contribution >= 4 is 26.6 Å². The van der Waals surface area contributed by atoms with Crippen molar-refractivity contribution in [2.24, 2.45) is 13.0 Å². The molecule has 2 N–H and O–H groups in total. The summed E-state index contributed by atoms with van der Waals surface area (Å²) in [5.74, 6) is 1.58. The second-order valence-electron chi connectivity index (χ2n) is 8.76. The molecule has 0 radical (unpaired) electrons. The highest BCUT2D eigenvalue weighted by atomic mass is 32.2. The molecule has 0 spiro atoms. The van der Waals surface area contributed by atoms with E-state index in [-0.39, 0.29) is 11.3 Å². The Morgan fingerprint density at radius 3 is 2.50 bits per heavy atom. The van der Waals surface area contributed by atoms with Crippen LogP contribution in [0.1, 0.15) is 26.3 Å². The average Bonchev–Trinajstić information content (AvgIpc) is 3.28. The van der Waals surface area contributed by atoms with Gasteiger partial charge in [-0.15, -0.1) is 0 Å². The first kappa shape index (κ1) is 23.6. The molecule has 4 aromatic rings. The van der Waals surface area contributed by atoms with Crippen LogP contribution in [0.2, 0.25) is 0 Å². The lowest BCUT2D eigenvalue weighted by Crippen LogP contribution is -2.17. The van der Waals surface area contributed by atoms with E-state index in [1.807, 2.05) is 42.5 Å². The summed E-state index contributed by atoms with van der Waals surface area (Å²) in [4.78, 5) is 15.7. The van der Waals surface area contributed by atoms with Crippen LogP contribution in [0.25, 0.3) is 22.0 Å². The van der Waals surface area contributed by atoms with Gasteiger partial charge in [0.1, 0.15) is 17.0 Å². The number of ether oxygens (including phenoxy) is 1. The number of aryl methyl sites for hydroxylation is 1. The number of aromatic nitrogens is 2. The Kier molecular flexibility index (Phi) is 6.52. The molecule has 34 heavy (non-hydrogen) atoms. The van der Waals surface area contributed by atoms with Crippen LogP contribution >= 0.6 is 0 Å². The molecule has 2 aromatic carbocycles. The van der Waals surface area contributed by atoms with Crippen LogP contribution in [0.15, 0.2) is 65.7 Å². The Morgan fingerprint density at radius 2 is 1.82 bits per heavy atom. The summed E-state index contributed by atoms with van der Waals surface area (Å²) < 4.78 is 35.4. The summed E-state index contributed by atoms with van der Waals surface area (Å²) in [6, 6.07) is 14.9. The number of anilines is 1. The lowest BCUT2D eigenvalue weighted by molar-refractivity contribution is 0.472. The standard InChI is InChI=1S/C26H29N3O4S/c1-5-34(31,32)28-19-14-18(13-17(2)3)25(33-20-9-7-6-8-10-20)22(15-19)23-16-29(4)26(30)24-21(23)11-12-27-24/h6-12,14-17,27-28H,5,13H2,1-4H3. The molecule has 0 amide bonds. The van der Waals surface area contributed by atoms with Crippen molar-refractivity contribution in [2.45, 2.75) is 27.2 Å². The number of pyridine rings is 1. The summed E-state index contributed by atoms with van der Waals surface area (Å²) >= 11 is 0. The predicted octanol–water partition coefficient (Wildman–Crippen LogP) is 5.29. The smallest absolute Gasteiger partial charge is 0.274 e. The van der Waals surface area contributed by atoms with Gasteiger partial charge in [-0.05, 0) is 55.2 Å². The molecule has 2 aromatic heterocycles. The van der Waals surface area contributed by atoms with E-state index in [4.69, 9.17) is 4.74 Å². The Morgan fingerprint density at radius 1 is 1.09 bits per heavy atom. The van der Waals surface area contributed by atoms with Crippen molar-refractivity contribution in [3.8, 4) is 22.6 Å². The molecule has 0 saturated heterocycles. The highest BCUT2D eigenvalue weighted by molar-refractivity contribution is 7.92. The van der Waals surface area contributed by atoms with Gasteiger partial charge in [0, 0.05) is 41.6 Å². The number of aromatic amines is 1. The van der Waals surface area contributed by atoms with Gasteiger partial charge in [0.05, 0.1) is 5.75 Å². The third-order valence-corrected chi connectivity index (χ3v) is 6.90. The second kappa shape index (κ2) is 9.38. The minimum atomic E-state index is -3.49. The van der Waals surface area contributed by atoms with Gasteiger partial charge in [0.2, 0.25) is 10.0 Å². The Labute approximate surface area is 199 Å². The second-order valence-corrected chi connectivity index (χ2v) is 10.8. The number of hydrogen-bond acceptors (Lipinski definition) is 4. The molecule has 0 unspecified atom stereocenters. The molecule has 0 saturated carbocycles. The van der Waals surface area contributed by atoms with Crippen molar-refractivity contribution in [3.05, 3.63) is 76.8 Å². The van der Waals surface area contributed by atoms with Gasteiger partial charge in [-0.2, -0.15) is 0 Å². The maximum absolute atomic E-state index is 12.7. The number of H-pyrrole nitrogens is 1. The summed E-state index contributed by atoms with van der Waals surface area (Å²) in [6.45, 7) is 5.80. The van der Waals surface area contributed by atoms with Crippen molar-refractivity contribution in [2.75, 3.05) is 10.5 Å². The number of rotatable bonds is 8. The molecule has 4 rings (SSSR count). The van der Waals surface area contributed by atoms with Crippen molar-refractivity contribution < 1.29 is 13.2 Å². The fourth-order valence-electron chi connectivity index (χ4n) is 4.00. The molecule has 2 heterocycles. The number of benzene rings is 2.